The van der Waals surface area contributed by atoms with Crippen molar-refractivity contribution in [3.05, 3.63) is 53.3 Å². The van der Waals surface area contributed by atoms with Gasteiger partial charge in [-0.05, 0) is 43.0 Å². The molecule has 25 heavy (non-hydrogen) atoms. The van der Waals surface area contributed by atoms with Crippen molar-refractivity contribution in [3.8, 4) is 0 Å². The van der Waals surface area contributed by atoms with Crippen molar-refractivity contribution in [3.63, 3.8) is 0 Å². The van der Waals surface area contributed by atoms with Gasteiger partial charge in [0, 0.05) is 19.3 Å². The molecule has 7 heteroatoms. The average Bonchev–Trinajstić information content (AvgIpc) is 2.60. The highest BCUT2D eigenvalue weighted by atomic mass is 32.2. The maximum absolute atomic E-state index is 13.3. The van der Waals surface area contributed by atoms with E-state index in [0.29, 0.717) is 18.7 Å². The minimum Gasteiger partial charge on any atom is -0.331 e. The topological polar surface area (TPSA) is 70.1 Å². The molecule has 6 nitrogen and oxygen atoms in total. The Labute approximate surface area is 147 Å². The third-order valence-electron chi connectivity index (χ3n) is 4.75. The molecule has 0 fully saturated rings. The molecule has 3 heterocycles. The van der Waals surface area contributed by atoms with Gasteiger partial charge in [-0.25, -0.2) is 8.42 Å². The molecular weight excluding hydrogens is 338 g/mol. The largest absolute Gasteiger partial charge is 0.331 e. The molecule has 0 saturated heterocycles. The molecule has 4 rings (SSSR count). The fourth-order valence-electron chi connectivity index (χ4n) is 3.58. The smallest absolute Gasteiger partial charge is 0.262 e. The Bertz CT molecular complexity index is 944. The number of nitrogens with zero attached hydrogens (tertiary/aromatic N) is 3. The van der Waals surface area contributed by atoms with Gasteiger partial charge in [-0.1, -0.05) is 18.2 Å². The van der Waals surface area contributed by atoms with Crippen LogP contribution in [0.3, 0.4) is 0 Å². The number of para-hydroxylation sites is 1. The number of anilines is 1. The highest BCUT2D eigenvalue weighted by Gasteiger charge is 2.34. The molecule has 130 valence electrons. The van der Waals surface area contributed by atoms with Gasteiger partial charge in [-0.15, -0.1) is 4.40 Å². The number of carbonyl (C=O) groups is 1. The van der Waals surface area contributed by atoms with Gasteiger partial charge in [-0.3, -0.25) is 4.79 Å². The van der Waals surface area contributed by atoms with Crippen LogP contribution in [0.15, 0.2) is 46.5 Å². The van der Waals surface area contributed by atoms with Gasteiger partial charge in [0.05, 0.1) is 17.0 Å². The molecule has 0 spiro atoms. The number of aryl methyl sites for hydroxylation is 2. The number of amides is 1. The lowest BCUT2D eigenvalue weighted by molar-refractivity contribution is -0.114. The van der Waals surface area contributed by atoms with E-state index in [2.05, 4.69) is 4.40 Å². The van der Waals surface area contributed by atoms with Crippen LogP contribution in [-0.4, -0.2) is 43.9 Å². The molecule has 0 unspecified atom stereocenters. The standard InChI is InChI=1S/C18H19N3O3S/c1-13-5-2-6-14-7-3-10-21(16(13)14)18(22)15-8-4-9-20-11-12-25(23,24)19-17(15)20/h2,4-6,8-9H,3,7,10-12H2,1H3. The first-order chi connectivity index (χ1) is 12.0. The summed E-state index contributed by atoms with van der Waals surface area (Å²) in [7, 11) is -3.52. The second kappa shape index (κ2) is 5.84. The number of benzene rings is 1. The first-order valence-corrected chi connectivity index (χ1v) is 9.96. The molecule has 1 aromatic carbocycles. The number of fused-ring (bicyclic) bond motifs is 2. The molecule has 0 N–H and O–H groups in total. The third-order valence-corrected chi connectivity index (χ3v) is 5.90. The van der Waals surface area contributed by atoms with E-state index in [9.17, 15) is 13.2 Å². The summed E-state index contributed by atoms with van der Waals surface area (Å²) in [5.74, 6) is 0.00782. The lowest BCUT2D eigenvalue weighted by Crippen LogP contribution is -2.45. The molecule has 0 radical (unpaired) electrons. The molecule has 3 aliphatic rings. The molecule has 0 atom stereocenters. The van der Waals surface area contributed by atoms with Crippen molar-refractivity contribution in [2.75, 3.05) is 23.7 Å². The van der Waals surface area contributed by atoms with Crippen LogP contribution in [-0.2, 0) is 21.2 Å². The molecule has 0 bridgehead atoms. The fourth-order valence-corrected chi connectivity index (χ4v) is 4.56. The van der Waals surface area contributed by atoms with Crippen molar-refractivity contribution in [2.24, 2.45) is 4.40 Å². The van der Waals surface area contributed by atoms with Crippen LogP contribution in [0.25, 0.3) is 0 Å². The number of amidine groups is 1. The van der Waals surface area contributed by atoms with E-state index in [-0.39, 0.29) is 17.5 Å². The monoisotopic (exact) mass is 357 g/mol. The van der Waals surface area contributed by atoms with Crippen LogP contribution >= 0.6 is 0 Å². The van der Waals surface area contributed by atoms with E-state index < -0.39 is 10.0 Å². The van der Waals surface area contributed by atoms with Crippen molar-refractivity contribution >= 4 is 27.5 Å². The summed E-state index contributed by atoms with van der Waals surface area (Å²) in [6.45, 7) is 2.93. The molecule has 1 aromatic rings. The Morgan fingerprint density at radius 2 is 2.08 bits per heavy atom. The maximum Gasteiger partial charge on any atom is 0.262 e. The van der Waals surface area contributed by atoms with E-state index in [0.717, 1.165) is 29.7 Å². The summed E-state index contributed by atoms with van der Waals surface area (Å²) in [5.41, 5.74) is 3.48. The van der Waals surface area contributed by atoms with Crippen molar-refractivity contribution < 1.29 is 13.2 Å². The SMILES string of the molecule is Cc1cccc2c1N(C(=O)C1=CC=CN3CCS(=O)(=O)N=C13)CCC2. The number of carbonyl (C=O) groups excluding carboxylic acids is 1. The van der Waals surface area contributed by atoms with Crippen LogP contribution in [0, 0.1) is 6.92 Å². The summed E-state index contributed by atoms with van der Waals surface area (Å²) in [6, 6.07) is 6.05. The zero-order chi connectivity index (χ0) is 17.6. The normalized spacial score (nSPS) is 21.2. The zero-order valence-corrected chi connectivity index (χ0v) is 14.8. The third kappa shape index (κ3) is 2.78. The second-order valence-electron chi connectivity index (χ2n) is 6.46. The van der Waals surface area contributed by atoms with Gasteiger partial charge < -0.3 is 9.80 Å². The van der Waals surface area contributed by atoms with Crippen LogP contribution in [0.1, 0.15) is 17.5 Å². The number of sulfonamides is 1. The minimum atomic E-state index is -3.52. The summed E-state index contributed by atoms with van der Waals surface area (Å²) >= 11 is 0. The van der Waals surface area contributed by atoms with Crippen LogP contribution in [0.5, 0.6) is 0 Å². The predicted octanol–water partition coefficient (Wildman–Crippen LogP) is 1.77. The maximum atomic E-state index is 13.3. The minimum absolute atomic E-state index is 0.0338. The Morgan fingerprint density at radius 3 is 2.92 bits per heavy atom. The van der Waals surface area contributed by atoms with Gasteiger partial charge in [0.25, 0.3) is 15.9 Å². The van der Waals surface area contributed by atoms with E-state index in [4.69, 9.17) is 0 Å². The molecular formula is C18H19N3O3S. The van der Waals surface area contributed by atoms with E-state index in [1.807, 2.05) is 25.1 Å². The highest BCUT2D eigenvalue weighted by Crippen LogP contribution is 2.32. The lowest BCUT2D eigenvalue weighted by atomic mass is 9.97. The molecule has 0 aliphatic carbocycles. The zero-order valence-electron chi connectivity index (χ0n) is 14.0. The van der Waals surface area contributed by atoms with Crippen molar-refractivity contribution in [1.82, 2.24) is 4.90 Å². The second-order valence-corrected chi connectivity index (χ2v) is 8.21. The lowest BCUT2D eigenvalue weighted by Gasteiger charge is -2.34. The van der Waals surface area contributed by atoms with Gasteiger partial charge in [0.2, 0.25) is 0 Å². The number of hydrogen-bond acceptors (Lipinski definition) is 4. The summed E-state index contributed by atoms with van der Waals surface area (Å²) in [6.07, 6.45) is 7.03. The van der Waals surface area contributed by atoms with Gasteiger partial charge in [-0.2, -0.15) is 0 Å². The van der Waals surface area contributed by atoms with Gasteiger partial charge >= 0.3 is 0 Å². The summed E-state index contributed by atoms with van der Waals surface area (Å²) in [4.78, 5) is 16.8. The van der Waals surface area contributed by atoms with Gasteiger partial charge in [0.15, 0.2) is 5.84 Å². The number of hydrogen-bond donors (Lipinski definition) is 0. The van der Waals surface area contributed by atoms with Crippen molar-refractivity contribution in [1.29, 1.82) is 0 Å². The molecule has 3 aliphatic heterocycles. The van der Waals surface area contributed by atoms with E-state index >= 15 is 0 Å². The van der Waals surface area contributed by atoms with Crippen LogP contribution < -0.4 is 4.90 Å². The average molecular weight is 357 g/mol. The van der Waals surface area contributed by atoms with E-state index in [1.165, 1.54) is 0 Å². The Morgan fingerprint density at radius 1 is 1.24 bits per heavy atom. The molecule has 0 aromatic heterocycles. The Balaban J connectivity index is 1.77. The molecule has 1 amide bonds. The van der Waals surface area contributed by atoms with Crippen LogP contribution in [0.4, 0.5) is 5.69 Å². The van der Waals surface area contributed by atoms with Crippen molar-refractivity contribution in [2.45, 2.75) is 19.8 Å². The molecule has 0 saturated carbocycles. The first-order valence-electron chi connectivity index (χ1n) is 8.35. The number of rotatable bonds is 1. The summed E-state index contributed by atoms with van der Waals surface area (Å²) < 4.78 is 27.7. The fraction of sp³-hybridized carbons (Fsp3) is 0.333. The summed E-state index contributed by atoms with van der Waals surface area (Å²) in [5, 5.41) is 0. The van der Waals surface area contributed by atoms with E-state index in [1.54, 1.807) is 28.2 Å². The Hall–Kier alpha value is -2.41. The first kappa shape index (κ1) is 16.1. The van der Waals surface area contributed by atoms with Crippen LogP contribution in [0.2, 0.25) is 0 Å². The predicted molar refractivity (Wildman–Crippen MR) is 97.0 cm³/mol. The van der Waals surface area contributed by atoms with Gasteiger partial charge in [0.1, 0.15) is 0 Å². The Kier molecular flexibility index (Phi) is 3.76. The number of allylic oxidation sites excluding steroid dienone is 2. The highest BCUT2D eigenvalue weighted by molar-refractivity contribution is 7.90. The quantitative estimate of drug-likeness (QED) is 0.768.